The topological polar surface area (TPSA) is 50.4 Å². The summed E-state index contributed by atoms with van der Waals surface area (Å²) in [6.07, 6.45) is 0. The summed E-state index contributed by atoms with van der Waals surface area (Å²) in [4.78, 5) is 11.7. The first kappa shape index (κ1) is 13.0. The summed E-state index contributed by atoms with van der Waals surface area (Å²) < 4.78 is 5.37. The second-order valence-corrected chi connectivity index (χ2v) is 4.05. The minimum absolute atomic E-state index is 0.127. The van der Waals surface area contributed by atoms with Crippen molar-refractivity contribution in [1.82, 2.24) is 5.32 Å². The number of urea groups is 1. The molecule has 0 aliphatic carbocycles. The number of amides is 2. The van der Waals surface area contributed by atoms with Gasteiger partial charge in [0.05, 0.1) is 0 Å². The van der Waals surface area contributed by atoms with E-state index in [0.29, 0.717) is 0 Å². The van der Waals surface area contributed by atoms with Crippen molar-refractivity contribution in [2.75, 3.05) is 12.0 Å². The summed E-state index contributed by atoms with van der Waals surface area (Å²) in [5.74, 6) is 0.721. The number of carbonyl (C=O) groups excluding carboxylic acids is 1. The molecule has 4 nitrogen and oxygen atoms in total. The largest absolute Gasteiger partial charge is 0.473 e. The Hall–Kier alpha value is -2.49. The van der Waals surface area contributed by atoms with Gasteiger partial charge in [-0.15, -0.1) is 0 Å². The van der Waals surface area contributed by atoms with E-state index in [-0.39, 0.29) is 12.8 Å². The van der Waals surface area contributed by atoms with Gasteiger partial charge in [0.25, 0.3) is 0 Å². The lowest BCUT2D eigenvalue weighted by Gasteiger charge is -2.10. The average Bonchev–Trinajstić information content (AvgIpc) is 2.43. The molecule has 0 bridgehead atoms. The summed E-state index contributed by atoms with van der Waals surface area (Å²) in [7, 11) is 0. The summed E-state index contributed by atoms with van der Waals surface area (Å²) in [6, 6.07) is 16.6. The molecule has 4 heteroatoms. The van der Waals surface area contributed by atoms with Crippen molar-refractivity contribution in [2.24, 2.45) is 0 Å². The monoisotopic (exact) mass is 256 g/mol. The van der Waals surface area contributed by atoms with Crippen LogP contribution in [0.15, 0.2) is 54.6 Å². The van der Waals surface area contributed by atoms with E-state index in [0.717, 1.165) is 17.0 Å². The molecule has 0 aromatic heterocycles. The Bertz CT molecular complexity index is 541. The maximum absolute atomic E-state index is 11.7. The Morgan fingerprint density at radius 3 is 2.47 bits per heavy atom. The smallest absolute Gasteiger partial charge is 0.321 e. The fourth-order valence-electron chi connectivity index (χ4n) is 1.58. The van der Waals surface area contributed by atoms with Crippen molar-refractivity contribution in [3.63, 3.8) is 0 Å². The average molecular weight is 256 g/mol. The van der Waals surface area contributed by atoms with Crippen molar-refractivity contribution < 1.29 is 9.53 Å². The summed E-state index contributed by atoms with van der Waals surface area (Å²) >= 11 is 0. The Morgan fingerprint density at radius 2 is 1.74 bits per heavy atom. The molecular formula is C15H16N2O2. The third kappa shape index (κ3) is 4.03. The van der Waals surface area contributed by atoms with E-state index >= 15 is 0 Å². The molecule has 0 heterocycles. The van der Waals surface area contributed by atoms with E-state index in [2.05, 4.69) is 10.6 Å². The SMILES string of the molecule is Cc1ccccc1NC(=O)NCOc1ccccc1. The molecule has 2 amide bonds. The Morgan fingerprint density at radius 1 is 1.05 bits per heavy atom. The molecule has 19 heavy (non-hydrogen) atoms. The van der Waals surface area contributed by atoms with Crippen LogP contribution < -0.4 is 15.4 Å². The minimum Gasteiger partial charge on any atom is -0.473 e. The second kappa shape index (κ2) is 6.44. The molecule has 0 saturated carbocycles. The van der Waals surface area contributed by atoms with E-state index in [4.69, 9.17) is 4.74 Å². The molecule has 2 rings (SSSR count). The molecule has 0 saturated heterocycles. The summed E-state index contributed by atoms with van der Waals surface area (Å²) in [5.41, 5.74) is 1.81. The van der Waals surface area contributed by atoms with Crippen molar-refractivity contribution in [3.8, 4) is 5.75 Å². The van der Waals surface area contributed by atoms with E-state index in [1.165, 1.54) is 0 Å². The zero-order chi connectivity index (χ0) is 13.5. The second-order valence-electron chi connectivity index (χ2n) is 4.05. The first-order chi connectivity index (χ1) is 9.25. The number of hydrogen-bond acceptors (Lipinski definition) is 2. The van der Waals surface area contributed by atoms with Crippen LogP contribution in [0, 0.1) is 6.92 Å². The van der Waals surface area contributed by atoms with Gasteiger partial charge in [0, 0.05) is 5.69 Å². The summed E-state index contributed by atoms with van der Waals surface area (Å²) in [5, 5.41) is 5.40. The van der Waals surface area contributed by atoms with Gasteiger partial charge in [-0.3, -0.25) is 0 Å². The molecule has 0 spiro atoms. The van der Waals surface area contributed by atoms with Crippen LogP contribution in [-0.2, 0) is 0 Å². The van der Waals surface area contributed by atoms with Crippen LogP contribution in [0.2, 0.25) is 0 Å². The van der Waals surface area contributed by atoms with Crippen molar-refractivity contribution >= 4 is 11.7 Å². The maximum atomic E-state index is 11.7. The van der Waals surface area contributed by atoms with Crippen LogP contribution in [0.3, 0.4) is 0 Å². The number of anilines is 1. The van der Waals surface area contributed by atoms with Gasteiger partial charge in [0.2, 0.25) is 0 Å². The molecule has 0 aliphatic rings. The predicted octanol–water partition coefficient (Wildman–Crippen LogP) is 3.15. The predicted molar refractivity (Wildman–Crippen MR) is 75.3 cm³/mol. The third-order valence-electron chi connectivity index (χ3n) is 2.61. The highest BCUT2D eigenvalue weighted by Gasteiger charge is 2.02. The Balaban J connectivity index is 1.78. The lowest BCUT2D eigenvalue weighted by atomic mass is 10.2. The fourth-order valence-corrected chi connectivity index (χ4v) is 1.58. The standard InChI is InChI=1S/C15H16N2O2/c1-12-7-5-6-10-14(12)17-15(18)16-11-19-13-8-3-2-4-9-13/h2-10H,11H2,1H3,(H2,16,17,18). The number of rotatable bonds is 4. The van der Waals surface area contributed by atoms with Gasteiger partial charge in [0.1, 0.15) is 5.75 Å². The number of ether oxygens (including phenoxy) is 1. The van der Waals surface area contributed by atoms with Crippen LogP contribution >= 0.6 is 0 Å². The lowest BCUT2D eigenvalue weighted by molar-refractivity contribution is 0.234. The van der Waals surface area contributed by atoms with Gasteiger partial charge in [-0.1, -0.05) is 36.4 Å². The normalized spacial score (nSPS) is 9.74. The molecule has 0 radical (unpaired) electrons. The highest BCUT2D eigenvalue weighted by Crippen LogP contribution is 2.12. The number of hydrogen-bond donors (Lipinski definition) is 2. The number of benzene rings is 2. The van der Waals surface area contributed by atoms with E-state index in [1.54, 1.807) is 0 Å². The van der Waals surface area contributed by atoms with E-state index < -0.39 is 0 Å². The first-order valence-corrected chi connectivity index (χ1v) is 6.04. The van der Waals surface area contributed by atoms with Crippen LogP contribution in [0.1, 0.15) is 5.56 Å². The van der Waals surface area contributed by atoms with Gasteiger partial charge >= 0.3 is 6.03 Å². The van der Waals surface area contributed by atoms with Crippen molar-refractivity contribution in [3.05, 3.63) is 60.2 Å². The lowest BCUT2D eigenvalue weighted by Crippen LogP contribution is -2.32. The summed E-state index contributed by atoms with van der Waals surface area (Å²) in [6.45, 7) is 2.07. The molecule has 98 valence electrons. The Kier molecular flexibility index (Phi) is 4.39. The fraction of sp³-hybridized carbons (Fsp3) is 0.133. The van der Waals surface area contributed by atoms with Crippen molar-refractivity contribution in [2.45, 2.75) is 6.92 Å². The molecule has 0 aliphatic heterocycles. The Labute approximate surface area is 112 Å². The zero-order valence-electron chi connectivity index (χ0n) is 10.7. The van der Waals surface area contributed by atoms with Gasteiger partial charge in [-0.25, -0.2) is 4.79 Å². The van der Waals surface area contributed by atoms with Gasteiger partial charge in [-0.2, -0.15) is 0 Å². The molecule has 2 aromatic rings. The third-order valence-corrected chi connectivity index (χ3v) is 2.61. The van der Waals surface area contributed by atoms with Gasteiger partial charge < -0.3 is 15.4 Å². The molecule has 0 fully saturated rings. The van der Waals surface area contributed by atoms with Crippen LogP contribution in [0.5, 0.6) is 5.75 Å². The van der Waals surface area contributed by atoms with Crippen molar-refractivity contribution in [1.29, 1.82) is 0 Å². The van der Waals surface area contributed by atoms with E-state index in [1.807, 2.05) is 61.5 Å². The number of aryl methyl sites for hydroxylation is 1. The highest BCUT2D eigenvalue weighted by atomic mass is 16.5. The zero-order valence-corrected chi connectivity index (χ0v) is 10.7. The van der Waals surface area contributed by atoms with Crippen LogP contribution in [0.4, 0.5) is 10.5 Å². The quantitative estimate of drug-likeness (QED) is 0.826. The van der Waals surface area contributed by atoms with Gasteiger partial charge in [-0.05, 0) is 30.7 Å². The van der Waals surface area contributed by atoms with Crippen LogP contribution in [-0.4, -0.2) is 12.8 Å². The number of nitrogens with one attached hydrogen (secondary N) is 2. The molecule has 2 N–H and O–H groups in total. The van der Waals surface area contributed by atoms with Gasteiger partial charge in [0.15, 0.2) is 6.73 Å². The maximum Gasteiger partial charge on any atom is 0.321 e. The molecule has 0 unspecified atom stereocenters. The molecule has 2 aromatic carbocycles. The molecule has 0 atom stereocenters. The first-order valence-electron chi connectivity index (χ1n) is 6.04. The number of carbonyl (C=O) groups is 1. The number of para-hydroxylation sites is 2. The molecular weight excluding hydrogens is 240 g/mol. The van der Waals surface area contributed by atoms with E-state index in [9.17, 15) is 4.79 Å². The van der Waals surface area contributed by atoms with Crippen LogP contribution in [0.25, 0.3) is 0 Å². The minimum atomic E-state index is -0.287. The highest BCUT2D eigenvalue weighted by molar-refractivity contribution is 5.89.